The zero-order valence-corrected chi connectivity index (χ0v) is 15.6. The molecule has 2 aliphatic heterocycles. The number of carbonyl (C=O) groups is 2. The lowest BCUT2D eigenvalue weighted by Crippen LogP contribution is -2.51. The van der Waals surface area contributed by atoms with Gasteiger partial charge in [-0.25, -0.2) is 0 Å². The van der Waals surface area contributed by atoms with Crippen LogP contribution in [0.4, 0.5) is 0 Å². The molecule has 0 N–H and O–H groups in total. The van der Waals surface area contributed by atoms with Gasteiger partial charge in [0.2, 0.25) is 11.8 Å². The lowest BCUT2D eigenvalue weighted by molar-refractivity contribution is -0.140. The molecule has 0 aliphatic carbocycles. The first kappa shape index (κ1) is 17.8. The molecule has 27 heavy (non-hydrogen) atoms. The minimum atomic E-state index is -0.276. The number of amides is 2. The monoisotopic (exact) mass is 367 g/mol. The Balaban J connectivity index is 1.48. The van der Waals surface area contributed by atoms with Gasteiger partial charge in [0.05, 0.1) is 24.8 Å². The minimum Gasteiger partial charge on any atom is -0.467 e. The second-order valence-electron chi connectivity index (χ2n) is 7.48. The van der Waals surface area contributed by atoms with Crippen molar-refractivity contribution in [2.24, 2.45) is 5.92 Å². The summed E-state index contributed by atoms with van der Waals surface area (Å²) in [4.78, 5) is 31.7. The van der Waals surface area contributed by atoms with E-state index in [4.69, 9.17) is 4.42 Å². The molecule has 0 unspecified atom stereocenters. The standard InChI is InChI=1S/C21H25N3O3/c1-22-9-10-24(19(15-22)16-6-3-2-4-7-16)21(26)17-12-20(25)23(13-17)14-18-8-5-11-27-18/h2-8,11,17,19H,9-10,12-15H2,1H3/t17-,19-/m0/s1. The number of rotatable bonds is 4. The Kier molecular flexibility index (Phi) is 4.99. The molecular formula is C21H25N3O3. The third-order valence-corrected chi connectivity index (χ3v) is 5.54. The van der Waals surface area contributed by atoms with E-state index in [1.165, 1.54) is 0 Å². The van der Waals surface area contributed by atoms with Crippen LogP contribution in [-0.2, 0) is 16.1 Å². The number of carbonyl (C=O) groups excluding carboxylic acids is 2. The summed E-state index contributed by atoms with van der Waals surface area (Å²) in [6, 6.07) is 13.9. The van der Waals surface area contributed by atoms with Crippen molar-refractivity contribution in [1.29, 1.82) is 0 Å². The van der Waals surface area contributed by atoms with E-state index in [-0.39, 0.29) is 30.2 Å². The van der Waals surface area contributed by atoms with Crippen molar-refractivity contribution in [2.75, 3.05) is 33.2 Å². The second-order valence-corrected chi connectivity index (χ2v) is 7.48. The van der Waals surface area contributed by atoms with E-state index in [0.29, 0.717) is 19.6 Å². The van der Waals surface area contributed by atoms with E-state index in [1.807, 2.05) is 35.2 Å². The Bertz CT molecular complexity index is 790. The molecule has 0 bridgehead atoms. The van der Waals surface area contributed by atoms with Gasteiger partial charge in [-0.3, -0.25) is 9.59 Å². The number of benzene rings is 1. The zero-order valence-electron chi connectivity index (χ0n) is 15.6. The summed E-state index contributed by atoms with van der Waals surface area (Å²) < 4.78 is 5.35. The number of piperazine rings is 1. The van der Waals surface area contributed by atoms with Crippen molar-refractivity contribution in [3.05, 3.63) is 60.1 Å². The Morgan fingerprint density at radius 2 is 1.93 bits per heavy atom. The van der Waals surface area contributed by atoms with Gasteiger partial charge < -0.3 is 19.1 Å². The lowest BCUT2D eigenvalue weighted by Gasteiger charge is -2.41. The van der Waals surface area contributed by atoms with Gasteiger partial charge in [-0.1, -0.05) is 30.3 Å². The van der Waals surface area contributed by atoms with Crippen LogP contribution in [0.15, 0.2) is 53.1 Å². The second kappa shape index (κ2) is 7.56. The molecule has 142 valence electrons. The van der Waals surface area contributed by atoms with Gasteiger partial charge in [-0.15, -0.1) is 0 Å². The van der Waals surface area contributed by atoms with Gasteiger partial charge in [0.1, 0.15) is 5.76 Å². The highest BCUT2D eigenvalue weighted by Crippen LogP contribution is 2.29. The van der Waals surface area contributed by atoms with Crippen molar-refractivity contribution in [3.8, 4) is 0 Å². The van der Waals surface area contributed by atoms with Crippen LogP contribution in [0.1, 0.15) is 23.8 Å². The van der Waals surface area contributed by atoms with E-state index in [1.54, 1.807) is 11.2 Å². The Morgan fingerprint density at radius 1 is 1.11 bits per heavy atom. The quantitative estimate of drug-likeness (QED) is 0.831. The number of likely N-dealkylation sites (N-methyl/N-ethyl adjacent to an activating group) is 1. The van der Waals surface area contributed by atoms with Gasteiger partial charge >= 0.3 is 0 Å². The van der Waals surface area contributed by atoms with Crippen molar-refractivity contribution >= 4 is 11.8 Å². The predicted octanol–water partition coefficient (Wildman–Crippen LogP) is 2.14. The van der Waals surface area contributed by atoms with Gasteiger partial charge in [0.25, 0.3) is 0 Å². The fourth-order valence-corrected chi connectivity index (χ4v) is 4.06. The summed E-state index contributed by atoms with van der Waals surface area (Å²) >= 11 is 0. The Morgan fingerprint density at radius 3 is 2.67 bits per heavy atom. The maximum Gasteiger partial charge on any atom is 0.228 e. The van der Waals surface area contributed by atoms with Crippen molar-refractivity contribution in [3.63, 3.8) is 0 Å². The minimum absolute atomic E-state index is 0.0233. The fourth-order valence-electron chi connectivity index (χ4n) is 4.06. The van der Waals surface area contributed by atoms with Crippen LogP contribution in [0.25, 0.3) is 0 Å². The highest BCUT2D eigenvalue weighted by molar-refractivity contribution is 5.89. The first-order valence-electron chi connectivity index (χ1n) is 9.46. The highest BCUT2D eigenvalue weighted by Gasteiger charge is 2.40. The average Bonchev–Trinajstić information content (AvgIpc) is 3.32. The third-order valence-electron chi connectivity index (χ3n) is 5.54. The van der Waals surface area contributed by atoms with E-state index in [0.717, 1.165) is 24.4 Å². The molecule has 1 aromatic carbocycles. The topological polar surface area (TPSA) is 57.0 Å². The summed E-state index contributed by atoms with van der Waals surface area (Å²) in [6.07, 6.45) is 1.89. The summed E-state index contributed by atoms with van der Waals surface area (Å²) in [7, 11) is 2.09. The van der Waals surface area contributed by atoms with Gasteiger partial charge in [0.15, 0.2) is 0 Å². The van der Waals surface area contributed by atoms with Gasteiger partial charge in [0, 0.05) is 32.6 Å². The lowest BCUT2D eigenvalue weighted by atomic mass is 9.99. The number of furan rings is 1. The normalized spacial score (nSPS) is 23.8. The molecule has 2 aromatic rings. The first-order valence-corrected chi connectivity index (χ1v) is 9.46. The maximum atomic E-state index is 13.3. The average molecular weight is 367 g/mol. The van der Waals surface area contributed by atoms with Gasteiger partial charge in [-0.2, -0.15) is 0 Å². The third kappa shape index (κ3) is 3.76. The number of hydrogen-bond donors (Lipinski definition) is 0. The van der Waals surface area contributed by atoms with E-state index in [2.05, 4.69) is 24.1 Å². The number of nitrogens with zero attached hydrogens (tertiary/aromatic N) is 3. The van der Waals surface area contributed by atoms with Crippen molar-refractivity contribution < 1.29 is 14.0 Å². The summed E-state index contributed by atoms with van der Waals surface area (Å²) in [5.74, 6) is 0.586. The van der Waals surface area contributed by atoms with E-state index in [9.17, 15) is 9.59 Å². The number of likely N-dealkylation sites (tertiary alicyclic amines) is 1. The molecule has 2 amide bonds. The molecule has 2 aliphatic rings. The SMILES string of the molecule is CN1CCN(C(=O)[C@H]2CC(=O)N(Cc3ccco3)C2)[C@H](c2ccccc2)C1. The van der Waals surface area contributed by atoms with Crippen LogP contribution < -0.4 is 0 Å². The van der Waals surface area contributed by atoms with Crippen LogP contribution in [0.2, 0.25) is 0 Å². The zero-order chi connectivity index (χ0) is 18.8. The van der Waals surface area contributed by atoms with Crippen LogP contribution in [-0.4, -0.2) is 59.7 Å². The Hall–Kier alpha value is -2.60. The van der Waals surface area contributed by atoms with Crippen LogP contribution in [0.5, 0.6) is 0 Å². The van der Waals surface area contributed by atoms with Crippen LogP contribution in [0, 0.1) is 5.92 Å². The van der Waals surface area contributed by atoms with Crippen molar-refractivity contribution in [1.82, 2.24) is 14.7 Å². The number of hydrogen-bond acceptors (Lipinski definition) is 4. The molecule has 1 aromatic heterocycles. The Labute approximate surface area is 159 Å². The molecule has 6 heteroatoms. The molecule has 2 saturated heterocycles. The fraction of sp³-hybridized carbons (Fsp3) is 0.429. The molecule has 0 radical (unpaired) electrons. The van der Waals surface area contributed by atoms with Gasteiger partial charge in [-0.05, 0) is 24.7 Å². The smallest absolute Gasteiger partial charge is 0.228 e. The van der Waals surface area contributed by atoms with E-state index >= 15 is 0 Å². The molecule has 4 rings (SSSR count). The molecule has 3 heterocycles. The molecule has 0 spiro atoms. The largest absolute Gasteiger partial charge is 0.467 e. The van der Waals surface area contributed by atoms with Crippen LogP contribution in [0.3, 0.4) is 0 Å². The molecular weight excluding hydrogens is 342 g/mol. The van der Waals surface area contributed by atoms with Crippen LogP contribution >= 0.6 is 0 Å². The maximum absolute atomic E-state index is 13.3. The highest BCUT2D eigenvalue weighted by atomic mass is 16.3. The first-order chi connectivity index (χ1) is 13.1. The summed E-state index contributed by atoms with van der Waals surface area (Å²) in [5.41, 5.74) is 1.15. The van der Waals surface area contributed by atoms with Crippen molar-refractivity contribution in [2.45, 2.75) is 19.0 Å². The molecule has 0 saturated carbocycles. The summed E-state index contributed by atoms with van der Waals surface area (Å²) in [6.45, 7) is 3.25. The van der Waals surface area contributed by atoms with E-state index < -0.39 is 0 Å². The molecule has 2 fully saturated rings. The molecule has 6 nitrogen and oxygen atoms in total. The predicted molar refractivity (Wildman–Crippen MR) is 101 cm³/mol. The summed E-state index contributed by atoms with van der Waals surface area (Å²) in [5, 5.41) is 0. The molecule has 2 atom stereocenters.